The first-order valence-corrected chi connectivity index (χ1v) is 11.3. The SMILES string of the molecule is c1cncc(C[NH+](Cc2ccco2)[C@@H](c2cccs2)c2nnnn2C2CCCC2)c1. The van der Waals surface area contributed by atoms with Gasteiger partial charge in [-0.25, -0.2) is 4.68 Å². The van der Waals surface area contributed by atoms with E-state index in [0.29, 0.717) is 6.04 Å². The zero-order valence-electron chi connectivity index (χ0n) is 16.7. The summed E-state index contributed by atoms with van der Waals surface area (Å²) >= 11 is 1.76. The molecule has 0 spiro atoms. The highest BCUT2D eigenvalue weighted by Gasteiger charge is 2.35. The van der Waals surface area contributed by atoms with Gasteiger partial charge in [0, 0.05) is 18.0 Å². The van der Waals surface area contributed by atoms with Gasteiger partial charge in [0.05, 0.1) is 17.2 Å². The Morgan fingerprint density at radius 1 is 1.13 bits per heavy atom. The van der Waals surface area contributed by atoms with Crippen LogP contribution in [0.3, 0.4) is 0 Å². The zero-order valence-corrected chi connectivity index (χ0v) is 17.5. The minimum absolute atomic E-state index is 0.0194. The summed E-state index contributed by atoms with van der Waals surface area (Å²) in [7, 11) is 0. The van der Waals surface area contributed by atoms with E-state index in [-0.39, 0.29) is 6.04 Å². The average Bonchev–Trinajstić information content (AvgIpc) is 3.56. The largest absolute Gasteiger partial charge is 0.463 e. The third-order valence-electron chi connectivity index (χ3n) is 5.82. The molecule has 30 heavy (non-hydrogen) atoms. The second-order valence-corrected chi connectivity index (χ2v) is 8.80. The monoisotopic (exact) mass is 421 g/mol. The van der Waals surface area contributed by atoms with Crippen LogP contribution in [0.25, 0.3) is 0 Å². The number of hydrogen-bond donors (Lipinski definition) is 1. The van der Waals surface area contributed by atoms with Crippen molar-refractivity contribution in [3.05, 3.63) is 82.5 Å². The molecule has 7 nitrogen and oxygen atoms in total. The van der Waals surface area contributed by atoms with Crippen LogP contribution in [0.2, 0.25) is 0 Å². The molecule has 1 aliphatic rings. The molecular weight excluding hydrogens is 396 g/mol. The molecule has 0 aromatic carbocycles. The molecule has 0 aliphatic heterocycles. The van der Waals surface area contributed by atoms with E-state index in [1.807, 2.05) is 30.6 Å². The van der Waals surface area contributed by atoms with Crippen molar-refractivity contribution in [1.82, 2.24) is 25.2 Å². The molecule has 0 radical (unpaired) electrons. The van der Waals surface area contributed by atoms with Crippen molar-refractivity contribution >= 4 is 11.3 Å². The van der Waals surface area contributed by atoms with Crippen molar-refractivity contribution in [1.29, 1.82) is 0 Å². The second-order valence-electron chi connectivity index (χ2n) is 7.82. The lowest BCUT2D eigenvalue weighted by Crippen LogP contribution is -3.10. The fourth-order valence-electron chi connectivity index (χ4n) is 4.43. The number of nitrogens with one attached hydrogen (secondary N) is 1. The van der Waals surface area contributed by atoms with Crippen LogP contribution in [-0.2, 0) is 13.1 Å². The Morgan fingerprint density at radius 3 is 2.80 bits per heavy atom. The van der Waals surface area contributed by atoms with Gasteiger partial charge < -0.3 is 9.32 Å². The molecule has 4 aromatic rings. The van der Waals surface area contributed by atoms with E-state index >= 15 is 0 Å². The quantitative estimate of drug-likeness (QED) is 0.473. The minimum atomic E-state index is 0.0194. The Kier molecular flexibility index (Phi) is 5.67. The maximum atomic E-state index is 5.73. The number of pyridine rings is 1. The molecule has 8 heteroatoms. The molecule has 2 atom stereocenters. The smallest absolute Gasteiger partial charge is 0.215 e. The topological polar surface area (TPSA) is 74.1 Å². The van der Waals surface area contributed by atoms with Gasteiger partial charge in [-0.2, -0.15) is 0 Å². The molecule has 0 bridgehead atoms. The molecule has 1 fully saturated rings. The van der Waals surface area contributed by atoms with Crippen LogP contribution in [0.5, 0.6) is 0 Å². The van der Waals surface area contributed by atoms with Gasteiger partial charge in [-0.3, -0.25) is 4.98 Å². The fourth-order valence-corrected chi connectivity index (χ4v) is 5.31. The molecule has 1 unspecified atom stereocenters. The van der Waals surface area contributed by atoms with E-state index in [4.69, 9.17) is 4.42 Å². The van der Waals surface area contributed by atoms with Gasteiger partial charge in [0.2, 0.25) is 5.82 Å². The third kappa shape index (κ3) is 4.06. The maximum Gasteiger partial charge on any atom is 0.215 e. The Bertz CT molecular complexity index is 1020. The minimum Gasteiger partial charge on any atom is -0.463 e. The Morgan fingerprint density at radius 2 is 2.07 bits per heavy atom. The number of nitrogens with zero attached hydrogens (tertiary/aromatic N) is 5. The first kappa shape index (κ1) is 19.1. The van der Waals surface area contributed by atoms with Crippen LogP contribution in [0.1, 0.15) is 59.8 Å². The van der Waals surface area contributed by atoms with Gasteiger partial charge >= 0.3 is 0 Å². The summed E-state index contributed by atoms with van der Waals surface area (Å²) in [6, 6.07) is 12.8. The summed E-state index contributed by atoms with van der Waals surface area (Å²) in [6.45, 7) is 1.54. The van der Waals surface area contributed by atoms with Crippen molar-refractivity contribution in [2.75, 3.05) is 0 Å². The molecule has 5 rings (SSSR count). The number of furan rings is 1. The highest BCUT2D eigenvalue weighted by Crippen LogP contribution is 2.32. The zero-order chi connectivity index (χ0) is 20.2. The molecular formula is C22H25N6OS+. The predicted molar refractivity (Wildman–Crippen MR) is 113 cm³/mol. The molecule has 154 valence electrons. The van der Waals surface area contributed by atoms with Crippen LogP contribution < -0.4 is 4.90 Å². The Labute approximate surface area is 179 Å². The van der Waals surface area contributed by atoms with Crippen LogP contribution in [0.4, 0.5) is 0 Å². The molecule has 1 N–H and O–H groups in total. The first-order chi connectivity index (χ1) is 14.9. The van der Waals surface area contributed by atoms with Crippen LogP contribution in [0, 0.1) is 0 Å². The highest BCUT2D eigenvalue weighted by molar-refractivity contribution is 7.10. The summed E-state index contributed by atoms with van der Waals surface area (Å²) in [5.41, 5.74) is 1.18. The maximum absolute atomic E-state index is 5.73. The highest BCUT2D eigenvalue weighted by atomic mass is 32.1. The number of rotatable bonds is 8. The van der Waals surface area contributed by atoms with Crippen molar-refractivity contribution < 1.29 is 9.32 Å². The third-order valence-corrected chi connectivity index (χ3v) is 6.76. The van der Waals surface area contributed by atoms with E-state index in [1.54, 1.807) is 17.6 Å². The average molecular weight is 422 g/mol. The van der Waals surface area contributed by atoms with Gasteiger partial charge in [0.25, 0.3) is 0 Å². The summed E-state index contributed by atoms with van der Waals surface area (Å²) in [5.74, 6) is 1.89. The van der Waals surface area contributed by atoms with Crippen molar-refractivity contribution in [3.63, 3.8) is 0 Å². The molecule has 1 aliphatic carbocycles. The summed E-state index contributed by atoms with van der Waals surface area (Å²) < 4.78 is 7.81. The predicted octanol–water partition coefficient (Wildman–Crippen LogP) is 3.21. The first-order valence-electron chi connectivity index (χ1n) is 10.5. The normalized spacial score (nSPS) is 16.7. The Balaban J connectivity index is 1.56. The van der Waals surface area contributed by atoms with Crippen molar-refractivity contribution in [2.45, 2.75) is 50.9 Å². The number of tetrazole rings is 1. The lowest BCUT2D eigenvalue weighted by Gasteiger charge is -2.27. The Hall–Kier alpha value is -2.84. The summed E-state index contributed by atoms with van der Waals surface area (Å²) in [5, 5.41) is 15.2. The molecule has 4 aromatic heterocycles. The van der Waals surface area contributed by atoms with Crippen LogP contribution in [0.15, 0.2) is 64.9 Å². The van der Waals surface area contributed by atoms with E-state index in [1.165, 1.54) is 28.2 Å². The second kappa shape index (κ2) is 8.89. The van der Waals surface area contributed by atoms with E-state index in [2.05, 4.69) is 48.8 Å². The number of thiophene rings is 1. The lowest BCUT2D eigenvalue weighted by molar-refractivity contribution is -0.953. The van der Waals surface area contributed by atoms with Crippen LogP contribution >= 0.6 is 11.3 Å². The summed E-state index contributed by atoms with van der Waals surface area (Å²) in [6.07, 6.45) is 10.3. The van der Waals surface area contributed by atoms with Crippen molar-refractivity contribution in [2.24, 2.45) is 0 Å². The molecule has 4 heterocycles. The molecule has 1 saturated carbocycles. The standard InChI is InChI=1S/C22H24N6OS/c1-2-8-18(7-1)28-22(24-25-26-28)21(20-10-5-13-30-20)27(16-19-9-4-12-29-19)15-17-6-3-11-23-14-17/h3-6,9-14,18,21H,1-2,7-8,15-16H2/p+1/t21-/m0/s1. The summed E-state index contributed by atoms with van der Waals surface area (Å²) in [4.78, 5) is 6.89. The van der Waals surface area contributed by atoms with Gasteiger partial charge in [-0.15, -0.1) is 16.4 Å². The van der Waals surface area contributed by atoms with Gasteiger partial charge in [0.15, 0.2) is 11.8 Å². The molecule has 0 saturated heterocycles. The number of aromatic nitrogens is 5. The van der Waals surface area contributed by atoms with E-state index in [9.17, 15) is 0 Å². The van der Waals surface area contributed by atoms with Gasteiger partial charge in [0.1, 0.15) is 13.1 Å². The number of quaternary nitrogens is 1. The van der Waals surface area contributed by atoms with Crippen LogP contribution in [-0.4, -0.2) is 25.2 Å². The lowest BCUT2D eigenvalue weighted by atomic mass is 10.1. The van der Waals surface area contributed by atoms with Crippen molar-refractivity contribution in [3.8, 4) is 0 Å². The van der Waals surface area contributed by atoms with Gasteiger partial charge in [-0.1, -0.05) is 25.0 Å². The van der Waals surface area contributed by atoms with E-state index in [0.717, 1.165) is 37.5 Å². The van der Waals surface area contributed by atoms with Gasteiger partial charge in [-0.05, 0) is 52.9 Å². The molecule has 0 amide bonds. The fraction of sp³-hybridized carbons (Fsp3) is 0.364. The van der Waals surface area contributed by atoms with E-state index < -0.39 is 0 Å². The number of hydrogen-bond acceptors (Lipinski definition) is 6.